The first-order chi connectivity index (χ1) is 18.3. The molecule has 0 bridgehead atoms. The van der Waals surface area contributed by atoms with Gasteiger partial charge in [0.25, 0.3) is 11.8 Å². The van der Waals surface area contributed by atoms with Gasteiger partial charge in [-0.05, 0) is 35.9 Å². The maximum absolute atomic E-state index is 13.7. The van der Waals surface area contributed by atoms with Gasteiger partial charge in [-0.3, -0.25) is 19.3 Å². The van der Waals surface area contributed by atoms with Crippen LogP contribution in [0.2, 0.25) is 5.02 Å². The van der Waals surface area contributed by atoms with E-state index < -0.39 is 33.8 Å². The predicted molar refractivity (Wildman–Crippen MR) is 141 cm³/mol. The third-order valence-corrected chi connectivity index (χ3v) is 8.74. The van der Waals surface area contributed by atoms with Crippen molar-refractivity contribution < 1.29 is 27.5 Å². The molecular formula is C27H24ClN3O6S. The highest BCUT2D eigenvalue weighted by atomic mass is 35.5. The first kappa shape index (κ1) is 26.1. The molecule has 196 valence electrons. The summed E-state index contributed by atoms with van der Waals surface area (Å²) in [7, 11) is -3.85. The van der Waals surface area contributed by atoms with Gasteiger partial charge in [-0.15, -0.1) is 0 Å². The van der Waals surface area contributed by atoms with Crippen LogP contribution in [0.5, 0.6) is 0 Å². The van der Waals surface area contributed by atoms with Crippen molar-refractivity contribution in [1.82, 2.24) is 9.21 Å². The van der Waals surface area contributed by atoms with Crippen molar-refractivity contribution in [3.05, 3.63) is 94.5 Å². The Morgan fingerprint density at radius 1 is 0.921 bits per heavy atom. The number of morpholine rings is 1. The van der Waals surface area contributed by atoms with Crippen LogP contribution in [0.15, 0.2) is 77.7 Å². The number of ether oxygens (including phenoxy) is 1. The summed E-state index contributed by atoms with van der Waals surface area (Å²) in [5.74, 6) is -1.82. The topological polar surface area (TPSA) is 113 Å². The number of halogens is 1. The predicted octanol–water partition coefficient (Wildman–Crippen LogP) is 3.21. The number of imide groups is 1. The largest absolute Gasteiger partial charge is 0.379 e. The van der Waals surface area contributed by atoms with Gasteiger partial charge in [0.15, 0.2) is 0 Å². The Morgan fingerprint density at radius 3 is 2.16 bits per heavy atom. The average molecular weight is 554 g/mol. The fraction of sp³-hybridized carbons (Fsp3) is 0.222. The molecule has 3 aromatic rings. The first-order valence-corrected chi connectivity index (χ1v) is 13.8. The van der Waals surface area contributed by atoms with Crippen molar-refractivity contribution in [2.75, 3.05) is 31.6 Å². The summed E-state index contributed by atoms with van der Waals surface area (Å²) in [6.45, 7) is 1.01. The van der Waals surface area contributed by atoms with E-state index in [0.29, 0.717) is 0 Å². The minimum Gasteiger partial charge on any atom is -0.379 e. The van der Waals surface area contributed by atoms with Gasteiger partial charge in [0.1, 0.15) is 6.04 Å². The summed E-state index contributed by atoms with van der Waals surface area (Å²) in [6.07, 6.45) is 0.0571. The number of carbonyl (C=O) groups is 3. The number of nitrogens with one attached hydrogen (secondary N) is 1. The van der Waals surface area contributed by atoms with Crippen molar-refractivity contribution in [2.45, 2.75) is 17.4 Å². The van der Waals surface area contributed by atoms with Gasteiger partial charge in [-0.25, -0.2) is 8.42 Å². The van der Waals surface area contributed by atoms with Crippen molar-refractivity contribution in [2.24, 2.45) is 0 Å². The highest BCUT2D eigenvalue weighted by Gasteiger charge is 2.43. The number of rotatable bonds is 7. The number of nitrogens with zero attached hydrogens (tertiary/aromatic N) is 2. The molecule has 1 atom stereocenters. The molecule has 11 heteroatoms. The molecule has 1 unspecified atom stereocenters. The Bertz CT molecular complexity index is 1470. The summed E-state index contributed by atoms with van der Waals surface area (Å²) in [4.78, 5) is 41.0. The number of hydrogen-bond donors (Lipinski definition) is 1. The van der Waals surface area contributed by atoms with E-state index in [0.717, 1.165) is 10.5 Å². The van der Waals surface area contributed by atoms with Crippen LogP contribution in [-0.4, -0.2) is 67.7 Å². The molecule has 0 radical (unpaired) electrons. The molecule has 0 spiro atoms. The summed E-state index contributed by atoms with van der Waals surface area (Å²) in [5, 5.41) is 2.78. The van der Waals surface area contributed by atoms with Crippen molar-refractivity contribution in [3.63, 3.8) is 0 Å². The van der Waals surface area contributed by atoms with Crippen LogP contribution in [0.4, 0.5) is 5.69 Å². The second kappa shape index (κ2) is 10.7. The molecule has 0 aliphatic carbocycles. The molecule has 3 aromatic carbocycles. The summed E-state index contributed by atoms with van der Waals surface area (Å²) in [6, 6.07) is 18.2. The van der Waals surface area contributed by atoms with Gasteiger partial charge in [0.05, 0.1) is 39.9 Å². The highest BCUT2D eigenvalue weighted by molar-refractivity contribution is 7.89. The van der Waals surface area contributed by atoms with Crippen molar-refractivity contribution in [3.8, 4) is 0 Å². The van der Waals surface area contributed by atoms with E-state index in [1.807, 2.05) is 6.07 Å². The maximum atomic E-state index is 13.7. The van der Waals surface area contributed by atoms with E-state index in [1.165, 1.54) is 22.5 Å². The van der Waals surface area contributed by atoms with Gasteiger partial charge in [-0.2, -0.15) is 4.31 Å². The van der Waals surface area contributed by atoms with Crippen LogP contribution >= 0.6 is 11.6 Å². The number of anilines is 1. The van der Waals surface area contributed by atoms with E-state index in [2.05, 4.69) is 5.32 Å². The fourth-order valence-electron chi connectivity index (χ4n) is 4.54. The monoisotopic (exact) mass is 553 g/mol. The zero-order chi connectivity index (χ0) is 26.9. The Kier molecular flexibility index (Phi) is 7.31. The van der Waals surface area contributed by atoms with Crippen LogP contribution in [0.25, 0.3) is 0 Å². The molecule has 2 aliphatic heterocycles. The molecule has 1 N–H and O–H groups in total. The third-order valence-electron chi connectivity index (χ3n) is 6.52. The summed E-state index contributed by atoms with van der Waals surface area (Å²) < 4.78 is 32.9. The molecule has 9 nitrogen and oxygen atoms in total. The van der Waals surface area contributed by atoms with Crippen molar-refractivity contribution in [1.29, 1.82) is 0 Å². The van der Waals surface area contributed by atoms with Crippen LogP contribution in [0.1, 0.15) is 26.3 Å². The molecule has 1 saturated heterocycles. The minimum atomic E-state index is -3.85. The molecule has 1 fully saturated rings. The molecule has 2 heterocycles. The normalized spacial score (nSPS) is 16.8. The number of amides is 3. The van der Waals surface area contributed by atoms with E-state index >= 15 is 0 Å². The molecule has 3 amide bonds. The van der Waals surface area contributed by atoms with Crippen molar-refractivity contribution >= 4 is 45.0 Å². The Hall–Kier alpha value is -3.57. The molecule has 5 rings (SSSR count). The van der Waals surface area contributed by atoms with Gasteiger partial charge < -0.3 is 10.1 Å². The lowest BCUT2D eigenvalue weighted by atomic mass is 10.0. The number of fused-ring (bicyclic) bond motifs is 1. The smallest absolute Gasteiger partial charge is 0.262 e. The first-order valence-electron chi connectivity index (χ1n) is 12.0. The lowest BCUT2D eigenvalue weighted by Crippen LogP contribution is -2.48. The Labute approximate surface area is 225 Å². The van der Waals surface area contributed by atoms with Gasteiger partial charge in [0, 0.05) is 19.5 Å². The van der Waals surface area contributed by atoms with E-state index in [-0.39, 0.29) is 59.5 Å². The molecule has 0 aromatic heterocycles. The SMILES string of the molecule is O=C(Nc1cc(S(=O)(=O)N2CCOCC2)ccc1Cl)C(Cc1ccccc1)N1C(=O)c2ccccc2C1=O. The second-order valence-corrected chi connectivity index (χ2v) is 11.2. The van der Waals surface area contributed by atoms with Gasteiger partial charge >= 0.3 is 0 Å². The highest BCUT2D eigenvalue weighted by Crippen LogP contribution is 2.30. The van der Waals surface area contributed by atoms with Crippen LogP contribution in [0, 0.1) is 0 Å². The van der Waals surface area contributed by atoms with E-state index in [1.54, 1.807) is 48.5 Å². The number of hydrogen-bond acceptors (Lipinski definition) is 6. The van der Waals surface area contributed by atoms with E-state index in [4.69, 9.17) is 16.3 Å². The van der Waals surface area contributed by atoms with E-state index in [9.17, 15) is 22.8 Å². The second-order valence-electron chi connectivity index (χ2n) is 8.88. The van der Waals surface area contributed by atoms with Gasteiger partial charge in [-0.1, -0.05) is 54.1 Å². The molecule has 2 aliphatic rings. The summed E-state index contributed by atoms with van der Waals surface area (Å²) in [5.41, 5.74) is 1.24. The maximum Gasteiger partial charge on any atom is 0.262 e. The third kappa shape index (κ3) is 4.95. The Morgan fingerprint density at radius 2 is 1.53 bits per heavy atom. The summed E-state index contributed by atoms with van der Waals surface area (Å²) >= 11 is 6.34. The average Bonchev–Trinajstić information content (AvgIpc) is 3.19. The zero-order valence-corrected chi connectivity index (χ0v) is 21.7. The molecule has 0 saturated carbocycles. The van der Waals surface area contributed by atoms with Crippen LogP contribution in [-0.2, 0) is 26.0 Å². The Balaban J connectivity index is 1.47. The lowest BCUT2D eigenvalue weighted by molar-refractivity contribution is -0.119. The standard InChI is InChI=1S/C27H24ClN3O6S/c28-22-11-10-19(38(35,36)30-12-14-37-15-13-30)17-23(22)29-25(32)24(16-18-6-2-1-3-7-18)31-26(33)20-8-4-5-9-21(20)27(31)34/h1-11,17,24H,12-16H2,(H,29,32). The number of benzene rings is 3. The number of carbonyl (C=O) groups excluding carboxylic acids is 3. The molecular weight excluding hydrogens is 530 g/mol. The minimum absolute atomic E-state index is 0.0422. The quantitative estimate of drug-likeness (QED) is 0.450. The van der Waals surface area contributed by atoms with Gasteiger partial charge in [0.2, 0.25) is 15.9 Å². The van der Waals surface area contributed by atoms with Crippen LogP contribution < -0.4 is 5.32 Å². The lowest BCUT2D eigenvalue weighted by Gasteiger charge is -2.27. The fourth-order valence-corrected chi connectivity index (χ4v) is 6.14. The molecule has 38 heavy (non-hydrogen) atoms. The van der Waals surface area contributed by atoms with Crippen LogP contribution in [0.3, 0.4) is 0 Å². The number of sulfonamides is 1. The zero-order valence-electron chi connectivity index (χ0n) is 20.2.